The van der Waals surface area contributed by atoms with Crippen molar-refractivity contribution in [1.82, 2.24) is 0 Å². The molecule has 2 aromatic carbocycles. The quantitative estimate of drug-likeness (QED) is 0.818. The second kappa shape index (κ2) is 7.17. The van der Waals surface area contributed by atoms with Crippen molar-refractivity contribution in [3.8, 4) is 17.6 Å². The molecule has 0 heterocycles. The Kier molecular flexibility index (Phi) is 4.99. The van der Waals surface area contributed by atoms with Gasteiger partial charge in [-0.05, 0) is 42.0 Å². The molecule has 0 aliphatic rings. The highest BCUT2D eigenvalue weighted by Crippen LogP contribution is 2.14. The van der Waals surface area contributed by atoms with Crippen LogP contribution in [0.25, 0.3) is 0 Å². The minimum absolute atomic E-state index is 0.00105. The van der Waals surface area contributed by atoms with E-state index in [1.54, 1.807) is 30.3 Å². The van der Waals surface area contributed by atoms with Crippen LogP contribution in [0.4, 0.5) is 0 Å². The lowest BCUT2D eigenvalue weighted by Crippen LogP contribution is -2.09. The number of ether oxygens (including phenoxy) is 2. The van der Waals surface area contributed by atoms with Gasteiger partial charge >= 0.3 is 0 Å². The fourth-order valence-corrected chi connectivity index (χ4v) is 1.68. The number of nitriles is 1. The SMILES string of the molecule is N#Cc1ccc(OCCOc2cccc(CO)c2)cc1. The molecule has 0 radical (unpaired) electrons. The Morgan fingerprint density at radius 3 is 2.30 bits per heavy atom. The third-order valence-corrected chi connectivity index (χ3v) is 2.69. The lowest BCUT2D eigenvalue weighted by Gasteiger charge is -2.09. The highest BCUT2D eigenvalue weighted by molar-refractivity contribution is 5.34. The van der Waals surface area contributed by atoms with Crippen LogP contribution in [-0.2, 0) is 6.61 Å². The Morgan fingerprint density at radius 2 is 1.65 bits per heavy atom. The molecule has 4 heteroatoms. The van der Waals surface area contributed by atoms with Crippen LogP contribution in [0.3, 0.4) is 0 Å². The minimum atomic E-state index is -0.00105. The largest absolute Gasteiger partial charge is 0.490 e. The van der Waals surface area contributed by atoms with Gasteiger partial charge < -0.3 is 14.6 Å². The van der Waals surface area contributed by atoms with Gasteiger partial charge in [-0.15, -0.1) is 0 Å². The van der Waals surface area contributed by atoms with Crippen molar-refractivity contribution in [3.63, 3.8) is 0 Å². The molecule has 2 aromatic rings. The maximum Gasteiger partial charge on any atom is 0.122 e. The van der Waals surface area contributed by atoms with Crippen LogP contribution in [0.1, 0.15) is 11.1 Å². The first-order chi connectivity index (χ1) is 9.81. The number of aliphatic hydroxyl groups is 1. The topological polar surface area (TPSA) is 62.5 Å². The number of benzene rings is 2. The summed E-state index contributed by atoms with van der Waals surface area (Å²) in [5.41, 5.74) is 1.42. The smallest absolute Gasteiger partial charge is 0.122 e. The number of hydrogen-bond donors (Lipinski definition) is 1. The van der Waals surface area contributed by atoms with Gasteiger partial charge in [0.25, 0.3) is 0 Å². The highest BCUT2D eigenvalue weighted by Gasteiger charge is 1.98. The molecule has 0 saturated carbocycles. The number of rotatable bonds is 6. The van der Waals surface area contributed by atoms with Crippen molar-refractivity contribution in [1.29, 1.82) is 5.26 Å². The van der Waals surface area contributed by atoms with Gasteiger partial charge in [-0.1, -0.05) is 12.1 Å². The van der Waals surface area contributed by atoms with Gasteiger partial charge in [-0.2, -0.15) is 5.26 Å². The van der Waals surface area contributed by atoms with Gasteiger partial charge in [0.2, 0.25) is 0 Å². The molecule has 0 spiro atoms. The molecule has 2 rings (SSSR count). The standard InChI is InChI=1S/C16H15NO3/c17-11-13-4-6-15(7-5-13)19-8-9-20-16-3-1-2-14(10-16)12-18/h1-7,10,18H,8-9,12H2. The molecule has 0 aliphatic heterocycles. The van der Waals surface area contributed by atoms with Crippen LogP contribution >= 0.6 is 0 Å². The molecule has 0 amide bonds. The van der Waals surface area contributed by atoms with Crippen LogP contribution in [0, 0.1) is 11.3 Å². The first kappa shape index (κ1) is 13.9. The van der Waals surface area contributed by atoms with Crippen molar-refractivity contribution in [2.45, 2.75) is 6.61 Å². The summed E-state index contributed by atoms with van der Waals surface area (Å²) in [6.07, 6.45) is 0. The minimum Gasteiger partial charge on any atom is -0.490 e. The molecular weight excluding hydrogens is 254 g/mol. The van der Waals surface area contributed by atoms with Gasteiger partial charge in [-0.3, -0.25) is 0 Å². The maximum absolute atomic E-state index is 9.02. The Balaban J connectivity index is 1.77. The van der Waals surface area contributed by atoms with Crippen molar-refractivity contribution >= 4 is 0 Å². The fourth-order valence-electron chi connectivity index (χ4n) is 1.68. The Hall–Kier alpha value is -2.51. The molecule has 20 heavy (non-hydrogen) atoms. The third kappa shape index (κ3) is 4.01. The maximum atomic E-state index is 9.02. The highest BCUT2D eigenvalue weighted by atomic mass is 16.5. The van der Waals surface area contributed by atoms with Crippen molar-refractivity contribution < 1.29 is 14.6 Å². The Morgan fingerprint density at radius 1 is 0.950 bits per heavy atom. The lowest BCUT2D eigenvalue weighted by molar-refractivity contribution is 0.216. The summed E-state index contributed by atoms with van der Waals surface area (Å²) >= 11 is 0. The van der Waals surface area contributed by atoms with Gasteiger partial charge in [0, 0.05) is 0 Å². The molecule has 0 fully saturated rings. The summed E-state index contributed by atoms with van der Waals surface area (Å²) in [4.78, 5) is 0. The molecule has 0 aromatic heterocycles. The van der Waals surface area contributed by atoms with Crippen LogP contribution in [0.5, 0.6) is 11.5 Å². The zero-order chi connectivity index (χ0) is 14.2. The van der Waals surface area contributed by atoms with Crippen LogP contribution in [0.2, 0.25) is 0 Å². The molecule has 1 N–H and O–H groups in total. The molecule has 4 nitrogen and oxygen atoms in total. The van der Waals surface area contributed by atoms with Gasteiger partial charge in [0.05, 0.1) is 18.2 Å². The number of aliphatic hydroxyl groups excluding tert-OH is 1. The molecule has 0 saturated heterocycles. The van der Waals surface area contributed by atoms with Gasteiger partial charge in [-0.25, -0.2) is 0 Å². The number of hydrogen-bond acceptors (Lipinski definition) is 4. The fraction of sp³-hybridized carbons (Fsp3) is 0.188. The summed E-state index contributed by atoms with van der Waals surface area (Å²) in [6, 6.07) is 16.3. The predicted molar refractivity (Wildman–Crippen MR) is 74.5 cm³/mol. The molecular formula is C16H15NO3. The average Bonchev–Trinajstić information content (AvgIpc) is 2.52. The van der Waals surface area contributed by atoms with E-state index >= 15 is 0 Å². The number of nitrogens with zero attached hydrogens (tertiary/aromatic N) is 1. The third-order valence-electron chi connectivity index (χ3n) is 2.69. The van der Waals surface area contributed by atoms with E-state index in [1.807, 2.05) is 18.2 Å². The van der Waals surface area contributed by atoms with E-state index in [0.29, 0.717) is 30.3 Å². The van der Waals surface area contributed by atoms with E-state index < -0.39 is 0 Å². The zero-order valence-electron chi connectivity index (χ0n) is 11.0. The summed E-state index contributed by atoms with van der Waals surface area (Å²) in [6.45, 7) is 0.822. The van der Waals surface area contributed by atoms with Crippen molar-refractivity contribution in [3.05, 3.63) is 59.7 Å². The van der Waals surface area contributed by atoms with E-state index in [-0.39, 0.29) is 6.61 Å². The van der Waals surface area contributed by atoms with Gasteiger partial charge in [0.15, 0.2) is 0 Å². The summed E-state index contributed by atoms with van der Waals surface area (Å²) in [5, 5.41) is 17.7. The van der Waals surface area contributed by atoms with E-state index in [2.05, 4.69) is 6.07 Å². The normalized spacial score (nSPS) is 9.80. The van der Waals surface area contributed by atoms with Crippen LogP contribution < -0.4 is 9.47 Å². The molecule has 0 unspecified atom stereocenters. The van der Waals surface area contributed by atoms with Crippen LogP contribution in [-0.4, -0.2) is 18.3 Å². The van der Waals surface area contributed by atoms with E-state index in [9.17, 15) is 0 Å². The molecule has 0 atom stereocenters. The monoisotopic (exact) mass is 269 g/mol. The summed E-state index contributed by atoms with van der Waals surface area (Å²) < 4.78 is 11.0. The molecule has 0 bridgehead atoms. The average molecular weight is 269 g/mol. The Labute approximate surface area is 117 Å². The van der Waals surface area contributed by atoms with Crippen LogP contribution in [0.15, 0.2) is 48.5 Å². The second-order valence-corrected chi connectivity index (χ2v) is 4.14. The Bertz CT molecular complexity index is 587. The lowest BCUT2D eigenvalue weighted by atomic mass is 10.2. The molecule has 0 aliphatic carbocycles. The first-order valence-corrected chi connectivity index (χ1v) is 6.27. The zero-order valence-corrected chi connectivity index (χ0v) is 11.0. The van der Waals surface area contributed by atoms with Gasteiger partial charge in [0.1, 0.15) is 24.7 Å². The molecule has 102 valence electrons. The summed E-state index contributed by atoms with van der Waals surface area (Å²) in [5.74, 6) is 1.41. The van der Waals surface area contributed by atoms with E-state index in [1.165, 1.54) is 0 Å². The van der Waals surface area contributed by atoms with Crippen molar-refractivity contribution in [2.24, 2.45) is 0 Å². The van der Waals surface area contributed by atoms with E-state index in [4.69, 9.17) is 19.8 Å². The first-order valence-electron chi connectivity index (χ1n) is 6.27. The summed E-state index contributed by atoms with van der Waals surface area (Å²) in [7, 11) is 0. The van der Waals surface area contributed by atoms with Crippen molar-refractivity contribution in [2.75, 3.05) is 13.2 Å². The second-order valence-electron chi connectivity index (χ2n) is 4.14. The predicted octanol–water partition coefficient (Wildman–Crippen LogP) is 2.51. The van der Waals surface area contributed by atoms with E-state index in [0.717, 1.165) is 5.56 Å².